The summed E-state index contributed by atoms with van der Waals surface area (Å²) in [5.74, 6) is 2.51. The van der Waals surface area contributed by atoms with Gasteiger partial charge in [-0.1, -0.05) is 67.6 Å². The standard InChI is InChI=1S/C20H25NOS.BrH/c1-17(16-21-12-14-23-15-13-21)20(22,18-8-4-2-5-9-18)19-10-6-3-7-11-19;/h2-11,17,22H,12-16H2,1H3;1H. The summed E-state index contributed by atoms with van der Waals surface area (Å²) in [5.41, 5.74) is 1.00. The van der Waals surface area contributed by atoms with E-state index >= 15 is 0 Å². The molecule has 1 N–H and O–H groups in total. The summed E-state index contributed by atoms with van der Waals surface area (Å²) in [6.45, 7) is 5.33. The zero-order valence-electron chi connectivity index (χ0n) is 14.1. The zero-order chi connectivity index (χ0) is 16.1. The minimum atomic E-state index is -0.951. The highest BCUT2D eigenvalue weighted by molar-refractivity contribution is 8.93. The molecule has 2 nitrogen and oxygen atoms in total. The molecule has 1 fully saturated rings. The minimum Gasteiger partial charge on any atom is -0.380 e. The van der Waals surface area contributed by atoms with Crippen LogP contribution < -0.4 is 0 Å². The molecule has 4 heteroatoms. The van der Waals surface area contributed by atoms with Gasteiger partial charge >= 0.3 is 0 Å². The summed E-state index contributed by atoms with van der Waals surface area (Å²) in [7, 11) is 0. The Bertz CT molecular complexity index is 562. The molecule has 130 valence electrons. The smallest absolute Gasteiger partial charge is 0.118 e. The van der Waals surface area contributed by atoms with Crippen molar-refractivity contribution in [1.82, 2.24) is 4.90 Å². The number of rotatable bonds is 5. The number of aliphatic hydroxyl groups is 1. The molecule has 1 aliphatic rings. The molecular weight excluding hydrogens is 382 g/mol. The van der Waals surface area contributed by atoms with Gasteiger partial charge in [0.25, 0.3) is 0 Å². The summed E-state index contributed by atoms with van der Waals surface area (Å²) in [6, 6.07) is 20.2. The molecule has 1 atom stereocenters. The van der Waals surface area contributed by atoms with Crippen LogP contribution in [0.4, 0.5) is 0 Å². The van der Waals surface area contributed by atoms with Gasteiger partial charge in [-0.05, 0) is 11.1 Å². The van der Waals surface area contributed by atoms with Crippen molar-refractivity contribution in [3.8, 4) is 0 Å². The first kappa shape index (κ1) is 19.5. The molecule has 0 aromatic heterocycles. The molecule has 0 aliphatic carbocycles. The second-order valence-electron chi connectivity index (χ2n) is 6.31. The van der Waals surface area contributed by atoms with Crippen molar-refractivity contribution in [2.24, 2.45) is 5.92 Å². The molecule has 24 heavy (non-hydrogen) atoms. The van der Waals surface area contributed by atoms with Crippen molar-refractivity contribution in [2.75, 3.05) is 31.1 Å². The lowest BCUT2D eigenvalue weighted by Gasteiger charge is -2.39. The van der Waals surface area contributed by atoms with Gasteiger partial charge in [-0.3, -0.25) is 0 Å². The Morgan fingerprint density at radius 2 is 1.42 bits per heavy atom. The molecule has 2 aromatic carbocycles. The van der Waals surface area contributed by atoms with E-state index in [1.807, 2.05) is 72.4 Å². The third-order valence-electron chi connectivity index (χ3n) is 4.78. The van der Waals surface area contributed by atoms with E-state index < -0.39 is 5.60 Å². The maximum Gasteiger partial charge on any atom is 0.118 e. The maximum atomic E-state index is 11.7. The molecular formula is C20H26BrNOS. The fourth-order valence-electron chi connectivity index (χ4n) is 3.42. The lowest BCUT2D eigenvalue weighted by molar-refractivity contribution is 0.00866. The summed E-state index contributed by atoms with van der Waals surface area (Å²) in [5, 5.41) is 11.7. The number of nitrogens with zero attached hydrogens (tertiary/aromatic N) is 1. The molecule has 1 saturated heterocycles. The number of benzene rings is 2. The summed E-state index contributed by atoms with van der Waals surface area (Å²) >= 11 is 2.02. The van der Waals surface area contributed by atoms with Crippen molar-refractivity contribution < 1.29 is 5.11 Å². The second kappa shape index (κ2) is 9.04. The Morgan fingerprint density at radius 1 is 0.958 bits per heavy atom. The van der Waals surface area contributed by atoms with E-state index in [9.17, 15) is 5.11 Å². The third kappa shape index (κ3) is 4.23. The maximum absolute atomic E-state index is 11.7. The Balaban J connectivity index is 0.00000208. The van der Waals surface area contributed by atoms with Crippen LogP contribution in [0.2, 0.25) is 0 Å². The zero-order valence-corrected chi connectivity index (χ0v) is 16.6. The number of thioether (sulfide) groups is 1. The minimum absolute atomic E-state index is 0. The van der Waals surface area contributed by atoms with E-state index in [1.165, 1.54) is 11.5 Å². The van der Waals surface area contributed by atoms with Crippen LogP contribution in [-0.4, -0.2) is 41.1 Å². The van der Waals surface area contributed by atoms with Gasteiger partial charge in [-0.25, -0.2) is 0 Å². The number of hydrogen-bond donors (Lipinski definition) is 1. The molecule has 0 saturated carbocycles. The average molecular weight is 408 g/mol. The average Bonchev–Trinajstić information content (AvgIpc) is 2.63. The fourth-order valence-corrected chi connectivity index (χ4v) is 4.40. The highest BCUT2D eigenvalue weighted by Crippen LogP contribution is 2.37. The molecule has 2 aromatic rings. The molecule has 1 aliphatic heterocycles. The Kier molecular flexibility index (Phi) is 7.35. The van der Waals surface area contributed by atoms with Crippen molar-refractivity contribution in [2.45, 2.75) is 12.5 Å². The molecule has 3 rings (SSSR count). The first-order chi connectivity index (χ1) is 11.2. The van der Waals surface area contributed by atoms with Crippen molar-refractivity contribution >= 4 is 28.7 Å². The predicted molar refractivity (Wildman–Crippen MR) is 109 cm³/mol. The monoisotopic (exact) mass is 407 g/mol. The van der Waals surface area contributed by atoms with Crippen LogP contribution >= 0.6 is 28.7 Å². The van der Waals surface area contributed by atoms with Crippen LogP contribution in [0.15, 0.2) is 60.7 Å². The topological polar surface area (TPSA) is 23.5 Å². The summed E-state index contributed by atoms with van der Waals surface area (Å²) < 4.78 is 0. The SMILES string of the molecule is Br.CC(CN1CCSCC1)C(O)(c1ccccc1)c1ccccc1. The van der Waals surface area contributed by atoms with Crippen LogP contribution in [0.3, 0.4) is 0 Å². The van der Waals surface area contributed by atoms with E-state index in [0.29, 0.717) is 0 Å². The van der Waals surface area contributed by atoms with Crippen LogP contribution in [-0.2, 0) is 5.60 Å². The van der Waals surface area contributed by atoms with Gasteiger partial charge in [-0.2, -0.15) is 11.8 Å². The molecule has 0 bridgehead atoms. The first-order valence-corrected chi connectivity index (χ1v) is 9.50. The molecule has 0 amide bonds. The molecule has 0 spiro atoms. The predicted octanol–water partition coefficient (Wildman–Crippen LogP) is 4.19. The van der Waals surface area contributed by atoms with Crippen LogP contribution in [0.5, 0.6) is 0 Å². The second-order valence-corrected chi connectivity index (χ2v) is 7.54. The van der Waals surface area contributed by atoms with Gasteiger partial charge in [0.05, 0.1) is 0 Å². The Morgan fingerprint density at radius 3 is 1.88 bits per heavy atom. The third-order valence-corrected chi connectivity index (χ3v) is 5.72. The quantitative estimate of drug-likeness (QED) is 0.803. The molecule has 0 radical (unpaired) electrons. The highest BCUT2D eigenvalue weighted by Gasteiger charge is 2.38. The van der Waals surface area contributed by atoms with Gasteiger partial charge in [0.2, 0.25) is 0 Å². The molecule has 1 heterocycles. The van der Waals surface area contributed by atoms with E-state index in [0.717, 1.165) is 30.8 Å². The lowest BCUT2D eigenvalue weighted by Crippen LogP contribution is -2.44. The fraction of sp³-hybridized carbons (Fsp3) is 0.400. The van der Waals surface area contributed by atoms with E-state index in [2.05, 4.69) is 11.8 Å². The number of hydrogen-bond acceptors (Lipinski definition) is 3. The van der Waals surface area contributed by atoms with E-state index in [4.69, 9.17) is 0 Å². The van der Waals surface area contributed by atoms with Crippen molar-refractivity contribution in [3.05, 3.63) is 71.8 Å². The summed E-state index contributed by atoms with van der Waals surface area (Å²) in [6.07, 6.45) is 0. The largest absolute Gasteiger partial charge is 0.380 e. The van der Waals surface area contributed by atoms with E-state index in [-0.39, 0.29) is 22.9 Å². The molecule has 1 unspecified atom stereocenters. The highest BCUT2D eigenvalue weighted by atomic mass is 79.9. The van der Waals surface area contributed by atoms with Gasteiger partial charge in [0, 0.05) is 37.1 Å². The lowest BCUT2D eigenvalue weighted by atomic mass is 9.76. The Labute approximate surface area is 160 Å². The Hall–Kier alpha value is -0.810. The number of halogens is 1. The van der Waals surface area contributed by atoms with Crippen LogP contribution in [0, 0.1) is 5.92 Å². The van der Waals surface area contributed by atoms with E-state index in [1.54, 1.807) is 0 Å². The van der Waals surface area contributed by atoms with Crippen molar-refractivity contribution in [3.63, 3.8) is 0 Å². The summed E-state index contributed by atoms with van der Waals surface area (Å²) in [4.78, 5) is 2.48. The van der Waals surface area contributed by atoms with Gasteiger partial charge in [-0.15, -0.1) is 17.0 Å². The van der Waals surface area contributed by atoms with Crippen LogP contribution in [0.25, 0.3) is 0 Å². The van der Waals surface area contributed by atoms with Crippen molar-refractivity contribution in [1.29, 1.82) is 0 Å². The van der Waals surface area contributed by atoms with Gasteiger partial charge < -0.3 is 10.0 Å². The van der Waals surface area contributed by atoms with Crippen LogP contribution in [0.1, 0.15) is 18.1 Å². The first-order valence-electron chi connectivity index (χ1n) is 8.35. The van der Waals surface area contributed by atoms with Gasteiger partial charge in [0.15, 0.2) is 0 Å². The normalized spacial score (nSPS) is 17.1. The van der Waals surface area contributed by atoms with Gasteiger partial charge in [0.1, 0.15) is 5.60 Å².